The number of benzene rings is 2. The van der Waals surface area contributed by atoms with Gasteiger partial charge in [-0.15, -0.1) is 0 Å². The van der Waals surface area contributed by atoms with Gasteiger partial charge in [0.15, 0.2) is 0 Å². The van der Waals surface area contributed by atoms with Crippen LogP contribution < -0.4 is 10.6 Å². The molecule has 4 rings (SSSR count). The number of anilines is 1. The highest BCUT2D eigenvalue weighted by Crippen LogP contribution is 2.34. The Bertz CT molecular complexity index is 903. The first kappa shape index (κ1) is 19.4. The van der Waals surface area contributed by atoms with Gasteiger partial charge in [-0.1, -0.05) is 24.3 Å². The van der Waals surface area contributed by atoms with Crippen molar-refractivity contribution in [3.63, 3.8) is 0 Å². The largest absolute Gasteiger partial charge is 0.349 e. The SMILES string of the molecule is Cc1ccccc1C(=O)NC1C[C@H]2CCC[C@@H](C1)N2C(=O)Nc1cccc(F)c1. The van der Waals surface area contributed by atoms with Crippen LogP contribution in [-0.2, 0) is 0 Å². The Labute approximate surface area is 170 Å². The van der Waals surface area contributed by atoms with E-state index in [1.807, 2.05) is 36.1 Å². The van der Waals surface area contributed by atoms with E-state index >= 15 is 0 Å². The number of hydrogen-bond acceptors (Lipinski definition) is 2. The molecular formula is C23H26FN3O2. The molecule has 3 amide bonds. The third-order valence-corrected chi connectivity index (χ3v) is 6.01. The third kappa shape index (κ3) is 4.26. The Balaban J connectivity index is 1.43. The average molecular weight is 395 g/mol. The highest BCUT2D eigenvalue weighted by Gasteiger charge is 2.41. The second kappa shape index (κ2) is 8.23. The Kier molecular flexibility index (Phi) is 5.51. The number of piperidine rings is 2. The summed E-state index contributed by atoms with van der Waals surface area (Å²) < 4.78 is 13.4. The first-order valence-corrected chi connectivity index (χ1v) is 10.2. The highest BCUT2D eigenvalue weighted by molar-refractivity contribution is 5.95. The Morgan fingerprint density at radius 2 is 1.76 bits per heavy atom. The maximum absolute atomic E-state index is 13.4. The van der Waals surface area contributed by atoms with Gasteiger partial charge in [0.05, 0.1) is 0 Å². The van der Waals surface area contributed by atoms with Crippen molar-refractivity contribution in [2.45, 2.75) is 57.2 Å². The summed E-state index contributed by atoms with van der Waals surface area (Å²) in [6, 6.07) is 13.5. The average Bonchev–Trinajstić information content (AvgIpc) is 2.67. The molecule has 3 atom stereocenters. The van der Waals surface area contributed by atoms with Crippen LogP contribution in [0.25, 0.3) is 0 Å². The molecule has 0 radical (unpaired) electrons. The number of halogens is 1. The number of carbonyl (C=O) groups is 2. The van der Waals surface area contributed by atoms with E-state index in [1.165, 1.54) is 12.1 Å². The van der Waals surface area contributed by atoms with Crippen molar-refractivity contribution >= 4 is 17.6 Å². The van der Waals surface area contributed by atoms with E-state index in [0.717, 1.165) is 37.7 Å². The van der Waals surface area contributed by atoms with Crippen molar-refractivity contribution < 1.29 is 14.0 Å². The lowest BCUT2D eigenvalue weighted by molar-refractivity contribution is 0.0577. The van der Waals surface area contributed by atoms with Crippen LogP contribution in [0.4, 0.5) is 14.9 Å². The minimum Gasteiger partial charge on any atom is -0.349 e. The standard InChI is InChI=1S/C23H26FN3O2/c1-15-6-2-3-11-21(15)22(28)25-18-13-19-9-5-10-20(14-18)27(19)23(29)26-17-8-4-7-16(24)12-17/h2-4,6-8,11-12,18-20H,5,9-10,13-14H2,1H3,(H,25,28)(H,26,29)/t18?,19-,20+. The number of rotatable bonds is 3. The minimum absolute atomic E-state index is 0.0515. The summed E-state index contributed by atoms with van der Waals surface area (Å²) in [6.07, 6.45) is 4.40. The Hall–Kier alpha value is -2.89. The van der Waals surface area contributed by atoms with E-state index in [-0.39, 0.29) is 35.9 Å². The number of hydrogen-bond donors (Lipinski definition) is 2. The number of nitrogens with zero attached hydrogens (tertiary/aromatic N) is 1. The number of carbonyl (C=O) groups excluding carboxylic acids is 2. The van der Waals surface area contributed by atoms with E-state index < -0.39 is 0 Å². The number of amides is 3. The Morgan fingerprint density at radius 1 is 1.03 bits per heavy atom. The van der Waals surface area contributed by atoms with Gasteiger partial charge in [0.25, 0.3) is 5.91 Å². The Morgan fingerprint density at radius 3 is 2.45 bits per heavy atom. The van der Waals surface area contributed by atoms with Gasteiger partial charge in [-0.25, -0.2) is 9.18 Å². The molecule has 2 bridgehead atoms. The fourth-order valence-electron chi connectivity index (χ4n) is 4.68. The molecule has 1 unspecified atom stereocenters. The number of urea groups is 1. The van der Waals surface area contributed by atoms with E-state index in [2.05, 4.69) is 10.6 Å². The molecule has 5 nitrogen and oxygen atoms in total. The van der Waals surface area contributed by atoms with Crippen LogP contribution in [0.1, 0.15) is 48.0 Å². The van der Waals surface area contributed by atoms with Crippen molar-refractivity contribution in [2.75, 3.05) is 5.32 Å². The van der Waals surface area contributed by atoms with E-state index in [1.54, 1.807) is 12.1 Å². The predicted octanol–water partition coefficient (Wildman–Crippen LogP) is 4.48. The summed E-state index contributed by atoms with van der Waals surface area (Å²) in [7, 11) is 0. The van der Waals surface area contributed by atoms with Crippen LogP contribution in [0, 0.1) is 12.7 Å². The molecule has 2 saturated heterocycles. The molecule has 2 aromatic carbocycles. The first-order chi connectivity index (χ1) is 14.0. The minimum atomic E-state index is -0.374. The van der Waals surface area contributed by atoms with Crippen LogP contribution in [0.3, 0.4) is 0 Å². The zero-order valence-electron chi connectivity index (χ0n) is 16.5. The molecule has 0 saturated carbocycles. The molecule has 2 N–H and O–H groups in total. The zero-order chi connectivity index (χ0) is 20.4. The molecule has 2 fully saturated rings. The maximum Gasteiger partial charge on any atom is 0.322 e. The van der Waals surface area contributed by atoms with Gasteiger partial charge >= 0.3 is 6.03 Å². The lowest BCUT2D eigenvalue weighted by Crippen LogP contribution is -2.59. The van der Waals surface area contributed by atoms with E-state index in [9.17, 15) is 14.0 Å². The quantitative estimate of drug-likeness (QED) is 0.805. The van der Waals surface area contributed by atoms with Gasteiger partial charge in [-0.3, -0.25) is 4.79 Å². The lowest BCUT2D eigenvalue weighted by Gasteiger charge is -2.48. The molecule has 2 aliphatic rings. The number of nitrogens with one attached hydrogen (secondary N) is 2. The lowest BCUT2D eigenvalue weighted by atomic mass is 9.82. The second-order valence-corrected chi connectivity index (χ2v) is 8.04. The van der Waals surface area contributed by atoms with Gasteiger partial charge in [0, 0.05) is 29.4 Å². The highest BCUT2D eigenvalue weighted by atomic mass is 19.1. The summed E-state index contributed by atoms with van der Waals surface area (Å²) >= 11 is 0. The fourth-order valence-corrected chi connectivity index (χ4v) is 4.68. The molecule has 2 aromatic rings. The van der Waals surface area contributed by atoms with Crippen LogP contribution in [0.2, 0.25) is 0 Å². The van der Waals surface area contributed by atoms with Crippen LogP contribution in [0.5, 0.6) is 0 Å². The maximum atomic E-state index is 13.4. The molecule has 2 aliphatic heterocycles. The molecule has 2 heterocycles. The van der Waals surface area contributed by atoms with Crippen molar-refractivity contribution in [1.82, 2.24) is 10.2 Å². The molecule has 29 heavy (non-hydrogen) atoms. The van der Waals surface area contributed by atoms with Gasteiger partial charge in [-0.2, -0.15) is 0 Å². The van der Waals surface area contributed by atoms with Crippen molar-refractivity contribution in [1.29, 1.82) is 0 Å². The summed E-state index contributed by atoms with van der Waals surface area (Å²) in [5, 5.41) is 6.00. The smallest absolute Gasteiger partial charge is 0.322 e. The summed E-state index contributed by atoms with van der Waals surface area (Å²) in [4.78, 5) is 27.5. The zero-order valence-corrected chi connectivity index (χ0v) is 16.5. The molecule has 0 spiro atoms. The molecule has 152 valence electrons. The van der Waals surface area contributed by atoms with Gasteiger partial charge < -0.3 is 15.5 Å². The van der Waals surface area contributed by atoms with E-state index in [0.29, 0.717) is 11.3 Å². The monoisotopic (exact) mass is 395 g/mol. The van der Waals surface area contributed by atoms with E-state index in [4.69, 9.17) is 0 Å². The molecule has 0 aromatic heterocycles. The van der Waals surface area contributed by atoms with Gasteiger partial charge in [0.1, 0.15) is 5.82 Å². The summed E-state index contributed by atoms with van der Waals surface area (Å²) in [5.74, 6) is -0.426. The fraction of sp³-hybridized carbons (Fsp3) is 0.391. The number of aryl methyl sites for hydroxylation is 1. The molecule has 6 heteroatoms. The molecular weight excluding hydrogens is 369 g/mol. The second-order valence-electron chi connectivity index (χ2n) is 8.04. The topological polar surface area (TPSA) is 61.4 Å². The third-order valence-electron chi connectivity index (χ3n) is 6.01. The van der Waals surface area contributed by atoms with Crippen molar-refractivity contribution in [3.8, 4) is 0 Å². The van der Waals surface area contributed by atoms with Crippen molar-refractivity contribution in [3.05, 3.63) is 65.5 Å². The first-order valence-electron chi connectivity index (χ1n) is 10.2. The van der Waals surface area contributed by atoms with Crippen LogP contribution >= 0.6 is 0 Å². The van der Waals surface area contributed by atoms with Gasteiger partial charge in [0.2, 0.25) is 0 Å². The van der Waals surface area contributed by atoms with Crippen LogP contribution in [0.15, 0.2) is 48.5 Å². The summed E-state index contributed by atoms with van der Waals surface area (Å²) in [6.45, 7) is 1.93. The van der Waals surface area contributed by atoms with Crippen molar-refractivity contribution in [2.24, 2.45) is 0 Å². The summed E-state index contributed by atoms with van der Waals surface area (Å²) in [5.41, 5.74) is 2.11. The molecule has 0 aliphatic carbocycles. The normalized spacial score (nSPS) is 23.4. The number of fused-ring (bicyclic) bond motifs is 2. The predicted molar refractivity (Wildman–Crippen MR) is 110 cm³/mol. The van der Waals surface area contributed by atoms with Gasteiger partial charge in [-0.05, 0) is 68.9 Å². The van der Waals surface area contributed by atoms with Crippen LogP contribution in [-0.4, -0.2) is 35.0 Å².